The van der Waals surface area contributed by atoms with E-state index in [0.29, 0.717) is 37.2 Å². The van der Waals surface area contributed by atoms with Gasteiger partial charge in [0.2, 0.25) is 0 Å². The SMILES string of the molecule is CS(=O)(=O)c1cc(N2CCC(NC(=O)c3ccsc3)CC2)ccc1[N+](=O)[O-]. The van der Waals surface area contributed by atoms with E-state index in [1.807, 2.05) is 10.3 Å². The van der Waals surface area contributed by atoms with Crippen LogP contribution < -0.4 is 10.2 Å². The second kappa shape index (κ2) is 7.65. The van der Waals surface area contributed by atoms with Crippen LogP contribution in [0.5, 0.6) is 0 Å². The number of nitrogens with zero attached hydrogens (tertiary/aromatic N) is 2. The van der Waals surface area contributed by atoms with E-state index in [-0.39, 0.29) is 16.8 Å². The Balaban J connectivity index is 1.69. The molecule has 10 heteroatoms. The highest BCUT2D eigenvalue weighted by Gasteiger charge is 2.26. The van der Waals surface area contributed by atoms with E-state index in [0.717, 1.165) is 6.26 Å². The number of thiophene rings is 1. The molecule has 3 rings (SSSR count). The molecule has 8 nitrogen and oxygen atoms in total. The van der Waals surface area contributed by atoms with Gasteiger partial charge in [-0.1, -0.05) is 0 Å². The molecule has 1 aliphatic rings. The third kappa shape index (κ3) is 4.45. The van der Waals surface area contributed by atoms with Gasteiger partial charge in [0.1, 0.15) is 4.90 Å². The first-order chi connectivity index (χ1) is 12.8. The van der Waals surface area contributed by atoms with Crippen LogP contribution in [0.4, 0.5) is 11.4 Å². The van der Waals surface area contributed by atoms with E-state index < -0.39 is 20.4 Å². The zero-order valence-electron chi connectivity index (χ0n) is 14.6. The molecule has 1 fully saturated rings. The predicted octanol–water partition coefficient (Wildman–Crippen LogP) is 2.46. The van der Waals surface area contributed by atoms with Gasteiger partial charge >= 0.3 is 0 Å². The van der Waals surface area contributed by atoms with Crippen molar-refractivity contribution in [3.8, 4) is 0 Å². The summed E-state index contributed by atoms with van der Waals surface area (Å²) in [5.41, 5.74) is 0.860. The molecule has 2 aromatic rings. The van der Waals surface area contributed by atoms with E-state index >= 15 is 0 Å². The zero-order chi connectivity index (χ0) is 19.6. The first-order valence-corrected chi connectivity index (χ1v) is 11.2. The van der Waals surface area contributed by atoms with Crippen LogP contribution in [0.15, 0.2) is 39.9 Å². The second-order valence-electron chi connectivity index (χ2n) is 6.43. The number of nitrogens with one attached hydrogen (secondary N) is 1. The number of rotatable bonds is 5. The van der Waals surface area contributed by atoms with Crippen molar-refractivity contribution < 1.29 is 18.1 Å². The number of nitro benzene ring substituents is 1. The molecule has 0 aliphatic carbocycles. The van der Waals surface area contributed by atoms with Gasteiger partial charge in [-0.15, -0.1) is 0 Å². The van der Waals surface area contributed by atoms with Crippen LogP contribution in [-0.2, 0) is 9.84 Å². The Morgan fingerprint density at radius 1 is 1.30 bits per heavy atom. The highest BCUT2D eigenvalue weighted by molar-refractivity contribution is 7.90. The lowest BCUT2D eigenvalue weighted by Gasteiger charge is -2.34. The molecule has 1 aliphatic heterocycles. The molecule has 0 spiro atoms. The summed E-state index contributed by atoms with van der Waals surface area (Å²) in [6.07, 6.45) is 2.38. The van der Waals surface area contributed by atoms with Crippen molar-refractivity contribution in [3.63, 3.8) is 0 Å². The van der Waals surface area contributed by atoms with Crippen LogP contribution in [0.25, 0.3) is 0 Å². The number of anilines is 1. The Labute approximate surface area is 160 Å². The number of carbonyl (C=O) groups excluding carboxylic acids is 1. The molecule has 0 radical (unpaired) electrons. The first kappa shape index (κ1) is 19.3. The van der Waals surface area contributed by atoms with Gasteiger partial charge in [-0.2, -0.15) is 11.3 Å². The van der Waals surface area contributed by atoms with Crippen LogP contribution in [-0.4, -0.2) is 44.6 Å². The van der Waals surface area contributed by atoms with Gasteiger partial charge in [-0.3, -0.25) is 14.9 Å². The fourth-order valence-electron chi connectivity index (χ4n) is 3.09. The summed E-state index contributed by atoms with van der Waals surface area (Å²) in [5, 5.41) is 17.7. The summed E-state index contributed by atoms with van der Waals surface area (Å²) in [5.74, 6) is -0.0931. The van der Waals surface area contributed by atoms with E-state index in [2.05, 4.69) is 5.32 Å². The van der Waals surface area contributed by atoms with Crippen LogP contribution in [0, 0.1) is 10.1 Å². The van der Waals surface area contributed by atoms with Gasteiger partial charge in [0.15, 0.2) is 9.84 Å². The number of hydrogen-bond acceptors (Lipinski definition) is 7. The maximum Gasteiger partial charge on any atom is 0.288 e. The average Bonchev–Trinajstić information content (AvgIpc) is 3.16. The molecule has 1 amide bonds. The molecule has 27 heavy (non-hydrogen) atoms. The third-order valence-electron chi connectivity index (χ3n) is 4.52. The Morgan fingerprint density at radius 2 is 2.00 bits per heavy atom. The number of amides is 1. The van der Waals surface area contributed by atoms with Crippen LogP contribution >= 0.6 is 11.3 Å². The van der Waals surface area contributed by atoms with Gasteiger partial charge in [-0.25, -0.2) is 8.42 Å². The highest BCUT2D eigenvalue weighted by atomic mass is 32.2. The minimum atomic E-state index is -3.72. The molecule has 0 bridgehead atoms. The number of benzene rings is 1. The van der Waals surface area contributed by atoms with Gasteiger partial charge < -0.3 is 10.2 Å². The van der Waals surface area contributed by atoms with Crippen LogP contribution in [0.3, 0.4) is 0 Å². The van der Waals surface area contributed by atoms with Gasteiger partial charge in [0.05, 0.1) is 4.92 Å². The Kier molecular flexibility index (Phi) is 5.47. The molecule has 1 aromatic carbocycles. The quantitative estimate of drug-likeness (QED) is 0.600. The molecule has 0 unspecified atom stereocenters. The number of nitro groups is 1. The molecule has 1 saturated heterocycles. The number of carbonyl (C=O) groups is 1. The lowest BCUT2D eigenvalue weighted by atomic mass is 10.0. The summed E-state index contributed by atoms with van der Waals surface area (Å²) in [6.45, 7) is 1.24. The highest BCUT2D eigenvalue weighted by Crippen LogP contribution is 2.30. The summed E-state index contributed by atoms with van der Waals surface area (Å²) in [4.78, 5) is 24.2. The Morgan fingerprint density at radius 3 is 2.56 bits per heavy atom. The summed E-state index contributed by atoms with van der Waals surface area (Å²) >= 11 is 1.47. The van der Waals surface area contributed by atoms with Crippen molar-refractivity contribution in [2.75, 3.05) is 24.2 Å². The fraction of sp³-hybridized carbons (Fsp3) is 0.353. The Bertz CT molecular complexity index is 949. The fourth-order valence-corrected chi connectivity index (χ4v) is 4.59. The molecule has 1 N–H and O–H groups in total. The van der Waals surface area contributed by atoms with E-state index in [9.17, 15) is 23.3 Å². The van der Waals surface area contributed by atoms with Crippen LogP contribution in [0.2, 0.25) is 0 Å². The molecule has 1 aromatic heterocycles. The summed E-state index contributed by atoms with van der Waals surface area (Å²) in [7, 11) is -3.72. The van der Waals surface area contributed by atoms with E-state index in [4.69, 9.17) is 0 Å². The van der Waals surface area contributed by atoms with Crippen molar-refractivity contribution in [1.82, 2.24) is 5.32 Å². The summed E-state index contributed by atoms with van der Waals surface area (Å²) < 4.78 is 23.8. The lowest BCUT2D eigenvalue weighted by molar-refractivity contribution is -0.387. The van der Waals surface area contributed by atoms with Crippen molar-refractivity contribution in [2.24, 2.45) is 0 Å². The van der Waals surface area contributed by atoms with Gasteiger partial charge in [0, 0.05) is 48.1 Å². The van der Waals surface area contributed by atoms with Gasteiger partial charge in [-0.05, 0) is 36.4 Å². The number of piperidine rings is 1. The average molecular weight is 409 g/mol. The number of sulfone groups is 1. The van der Waals surface area contributed by atoms with Crippen molar-refractivity contribution in [3.05, 3.63) is 50.7 Å². The standard InChI is InChI=1S/C17H19N3O5S2/c1-27(24,25)16-10-14(2-3-15(16)20(22)23)19-7-4-13(5-8-19)18-17(21)12-6-9-26-11-12/h2-3,6,9-11,13H,4-5,7-8H2,1H3,(H,18,21). The summed E-state index contributed by atoms with van der Waals surface area (Å²) in [6, 6.07) is 5.98. The third-order valence-corrected chi connectivity index (χ3v) is 6.33. The van der Waals surface area contributed by atoms with Crippen molar-refractivity contribution in [2.45, 2.75) is 23.8 Å². The molecular weight excluding hydrogens is 390 g/mol. The zero-order valence-corrected chi connectivity index (χ0v) is 16.3. The normalized spacial score (nSPS) is 15.5. The lowest BCUT2D eigenvalue weighted by Crippen LogP contribution is -2.44. The molecule has 0 atom stereocenters. The Hall–Kier alpha value is -2.46. The second-order valence-corrected chi connectivity index (χ2v) is 9.19. The molecular formula is C17H19N3O5S2. The van der Waals surface area contributed by atoms with Gasteiger partial charge in [0.25, 0.3) is 11.6 Å². The minimum absolute atomic E-state index is 0.0427. The van der Waals surface area contributed by atoms with E-state index in [1.54, 1.807) is 17.5 Å². The minimum Gasteiger partial charge on any atom is -0.371 e. The molecule has 2 heterocycles. The number of hydrogen-bond donors (Lipinski definition) is 1. The monoisotopic (exact) mass is 409 g/mol. The topological polar surface area (TPSA) is 110 Å². The molecule has 144 valence electrons. The van der Waals surface area contributed by atoms with E-state index in [1.165, 1.54) is 23.5 Å². The predicted molar refractivity (Wildman–Crippen MR) is 103 cm³/mol. The van der Waals surface area contributed by atoms with Crippen molar-refractivity contribution >= 4 is 38.5 Å². The smallest absolute Gasteiger partial charge is 0.288 e. The maximum atomic E-state index is 12.1. The maximum absolute atomic E-state index is 12.1. The van der Waals surface area contributed by atoms with Crippen LogP contribution in [0.1, 0.15) is 23.2 Å². The first-order valence-electron chi connectivity index (χ1n) is 8.32. The molecule has 0 saturated carbocycles. The van der Waals surface area contributed by atoms with Crippen molar-refractivity contribution in [1.29, 1.82) is 0 Å². The largest absolute Gasteiger partial charge is 0.371 e.